The molecule has 0 aromatic carbocycles. The molecule has 1 saturated heterocycles. The Morgan fingerprint density at radius 2 is 2.29 bits per heavy atom. The summed E-state index contributed by atoms with van der Waals surface area (Å²) in [7, 11) is 0. The molecule has 0 aromatic rings. The molecule has 0 bridgehead atoms. The van der Waals surface area contributed by atoms with Crippen LogP contribution in [0.25, 0.3) is 0 Å². The molecule has 0 aromatic heterocycles. The second-order valence-electron chi connectivity index (χ2n) is 3.72. The summed E-state index contributed by atoms with van der Waals surface area (Å²) in [6, 6.07) is 0.183. The minimum Gasteiger partial charge on any atom is -0.375 e. The molecule has 1 heterocycles. The van der Waals surface area contributed by atoms with Gasteiger partial charge in [0.2, 0.25) is 5.91 Å². The Labute approximate surface area is 93.9 Å². The van der Waals surface area contributed by atoms with Gasteiger partial charge >= 0.3 is 0 Å². The molecule has 0 radical (unpaired) electrons. The van der Waals surface area contributed by atoms with Crippen LogP contribution in [0.1, 0.15) is 27.2 Å². The fraction of sp³-hybridized carbons (Fsp3) is 0.900. The van der Waals surface area contributed by atoms with E-state index in [1.165, 1.54) is 0 Å². The lowest BCUT2D eigenvalue weighted by Gasteiger charge is -2.38. The minimum atomic E-state index is -0.0461. The third-order valence-corrected chi connectivity index (χ3v) is 3.83. The van der Waals surface area contributed by atoms with Crippen LogP contribution >= 0.6 is 15.9 Å². The predicted octanol–water partition coefficient (Wildman–Crippen LogP) is 1.80. The summed E-state index contributed by atoms with van der Waals surface area (Å²) in [5, 5.41) is 0. The van der Waals surface area contributed by atoms with E-state index in [0.29, 0.717) is 13.2 Å². The van der Waals surface area contributed by atoms with E-state index in [0.717, 1.165) is 6.42 Å². The van der Waals surface area contributed by atoms with Gasteiger partial charge in [0.15, 0.2) is 0 Å². The molecule has 1 aliphatic heterocycles. The van der Waals surface area contributed by atoms with Crippen LogP contribution in [-0.2, 0) is 9.53 Å². The van der Waals surface area contributed by atoms with E-state index < -0.39 is 0 Å². The zero-order valence-electron chi connectivity index (χ0n) is 9.00. The fourth-order valence-corrected chi connectivity index (χ4v) is 1.86. The van der Waals surface area contributed by atoms with Gasteiger partial charge in [0.05, 0.1) is 23.6 Å². The van der Waals surface area contributed by atoms with Crippen LogP contribution in [-0.4, -0.2) is 40.9 Å². The largest absolute Gasteiger partial charge is 0.375 e. The maximum atomic E-state index is 11.9. The highest BCUT2D eigenvalue weighted by molar-refractivity contribution is 9.10. The average Bonchev–Trinajstić information content (AvgIpc) is 2.20. The van der Waals surface area contributed by atoms with Gasteiger partial charge in [0.1, 0.15) is 0 Å². The van der Waals surface area contributed by atoms with Crippen LogP contribution < -0.4 is 0 Å². The van der Waals surface area contributed by atoms with Gasteiger partial charge in [-0.3, -0.25) is 4.79 Å². The molecule has 3 nitrogen and oxygen atoms in total. The van der Waals surface area contributed by atoms with E-state index in [1.807, 2.05) is 25.7 Å². The van der Waals surface area contributed by atoms with Gasteiger partial charge in [0.25, 0.3) is 0 Å². The van der Waals surface area contributed by atoms with Crippen molar-refractivity contribution in [3.63, 3.8) is 0 Å². The number of carbonyl (C=O) groups is 1. The molecule has 4 heteroatoms. The number of ether oxygens (including phenoxy) is 1. The van der Waals surface area contributed by atoms with Crippen LogP contribution in [0.3, 0.4) is 0 Å². The molecule has 3 atom stereocenters. The monoisotopic (exact) mass is 263 g/mol. The van der Waals surface area contributed by atoms with E-state index in [1.54, 1.807) is 0 Å². The fourth-order valence-electron chi connectivity index (χ4n) is 1.60. The molecule has 14 heavy (non-hydrogen) atoms. The van der Waals surface area contributed by atoms with Gasteiger partial charge < -0.3 is 9.64 Å². The highest BCUT2D eigenvalue weighted by atomic mass is 79.9. The van der Waals surface area contributed by atoms with E-state index >= 15 is 0 Å². The van der Waals surface area contributed by atoms with Crippen molar-refractivity contribution in [3.05, 3.63) is 0 Å². The van der Waals surface area contributed by atoms with Crippen LogP contribution in [0.2, 0.25) is 0 Å². The van der Waals surface area contributed by atoms with Crippen molar-refractivity contribution in [2.75, 3.05) is 13.2 Å². The smallest absolute Gasteiger partial charge is 0.236 e. The number of hydrogen-bond donors (Lipinski definition) is 0. The maximum Gasteiger partial charge on any atom is 0.236 e. The molecule has 3 unspecified atom stereocenters. The zero-order valence-corrected chi connectivity index (χ0v) is 10.6. The molecule has 1 aliphatic rings. The first-order chi connectivity index (χ1) is 6.57. The average molecular weight is 264 g/mol. The molecule has 82 valence electrons. The Morgan fingerprint density at radius 3 is 2.86 bits per heavy atom. The standard InChI is InChI=1S/C10H18BrNO2/c1-4-9(11)10(13)12-5-6-14-8(3)7(12)2/h7-9H,4-6H2,1-3H3. The summed E-state index contributed by atoms with van der Waals surface area (Å²) >= 11 is 3.39. The predicted molar refractivity (Wildman–Crippen MR) is 59.6 cm³/mol. The van der Waals surface area contributed by atoms with Crippen molar-refractivity contribution >= 4 is 21.8 Å². The number of carbonyl (C=O) groups excluding carboxylic acids is 1. The van der Waals surface area contributed by atoms with Crippen LogP contribution in [0.15, 0.2) is 0 Å². The first kappa shape index (κ1) is 12.0. The van der Waals surface area contributed by atoms with Crippen molar-refractivity contribution in [1.82, 2.24) is 4.90 Å². The third-order valence-electron chi connectivity index (χ3n) is 2.79. The zero-order chi connectivity index (χ0) is 10.7. The Bertz CT molecular complexity index is 210. The SMILES string of the molecule is CCC(Br)C(=O)N1CCOC(C)C1C. The van der Waals surface area contributed by atoms with Crippen LogP contribution in [0.5, 0.6) is 0 Å². The van der Waals surface area contributed by atoms with Gasteiger partial charge in [-0.25, -0.2) is 0 Å². The number of alkyl halides is 1. The summed E-state index contributed by atoms with van der Waals surface area (Å²) in [5.74, 6) is 0.190. The molecule has 1 rings (SSSR count). The lowest BCUT2D eigenvalue weighted by atomic mass is 10.1. The van der Waals surface area contributed by atoms with Gasteiger partial charge in [-0.15, -0.1) is 0 Å². The number of hydrogen-bond acceptors (Lipinski definition) is 2. The Morgan fingerprint density at radius 1 is 1.64 bits per heavy atom. The minimum absolute atomic E-state index is 0.0461. The maximum absolute atomic E-state index is 11.9. The van der Waals surface area contributed by atoms with Gasteiger partial charge in [-0.05, 0) is 20.3 Å². The number of nitrogens with zero attached hydrogens (tertiary/aromatic N) is 1. The normalized spacial score (nSPS) is 30.1. The number of amides is 1. The van der Waals surface area contributed by atoms with Crippen molar-refractivity contribution in [2.45, 2.75) is 44.2 Å². The second-order valence-corrected chi connectivity index (χ2v) is 4.83. The second kappa shape index (κ2) is 5.12. The van der Waals surface area contributed by atoms with E-state index in [4.69, 9.17) is 4.74 Å². The summed E-state index contributed by atoms with van der Waals surface area (Å²) in [6.45, 7) is 7.43. The topological polar surface area (TPSA) is 29.5 Å². The molecular weight excluding hydrogens is 246 g/mol. The van der Waals surface area contributed by atoms with Gasteiger partial charge in [-0.1, -0.05) is 22.9 Å². The van der Waals surface area contributed by atoms with Crippen molar-refractivity contribution in [3.8, 4) is 0 Å². The molecule has 0 aliphatic carbocycles. The summed E-state index contributed by atoms with van der Waals surface area (Å²) in [6.07, 6.45) is 0.973. The van der Waals surface area contributed by atoms with Crippen molar-refractivity contribution in [1.29, 1.82) is 0 Å². The van der Waals surface area contributed by atoms with Crippen LogP contribution in [0.4, 0.5) is 0 Å². The molecule has 0 N–H and O–H groups in total. The molecule has 1 fully saturated rings. The molecular formula is C10H18BrNO2. The molecule has 0 saturated carbocycles. The van der Waals surface area contributed by atoms with E-state index in [9.17, 15) is 4.79 Å². The summed E-state index contributed by atoms with van der Waals surface area (Å²) in [5.41, 5.74) is 0. The Balaban J connectivity index is 2.62. The van der Waals surface area contributed by atoms with Crippen molar-refractivity contribution in [2.24, 2.45) is 0 Å². The first-order valence-electron chi connectivity index (χ1n) is 5.14. The summed E-state index contributed by atoms with van der Waals surface area (Å²) < 4.78 is 5.47. The van der Waals surface area contributed by atoms with Gasteiger partial charge in [0, 0.05) is 6.54 Å². The van der Waals surface area contributed by atoms with Gasteiger partial charge in [-0.2, -0.15) is 0 Å². The third kappa shape index (κ3) is 2.48. The Kier molecular flexibility index (Phi) is 4.38. The molecule has 1 amide bonds. The number of morpholine rings is 1. The first-order valence-corrected chi connectivity index (χ1v) is 6.05. The lowest BCUT2D eigenvalue weighted by Crippen LogP contribution is -2.53. The number of halogens is 1. The summed E-state index contributed by atoms with van der Waals surface area (Å²) in [4.78, 5) is 13.8. The van der Waals surface area contributed by atoms with Crippen molar-refractivity contribution < 1.29 is 9.53 Å². The number of rotatable bonds is 2. The van der Waals surface area contributed by atoms with Crippen LogP contribution in [0, 0.1) is 0 Å². The highest BCUT2D eigenvalue weighted by Gasteiger charge is 2.31. The Hall–Kier alpha value is -0.0900. The lowest BCUT2D eigenvalue weighted by molar-refractivity contribution is -0.143. The highest BCUT2D eigenvalue weighted by Crippen LogP contribution is 2.18. The molecule has 0 spiro atoms. The quantitative estimate of drug-likeness (QED) is 0.712. The van der Waals surface area contributed by atoms with E-state index in [-0.39, 0.29) is 22.9 Å². The van der Waals surface area contributed by atoms with E-state index in [2.05, 4.69) is 15.9 Å².